The number of non-ortho nitro benzene ring substituents is 1. The predicted molar refractivity (Wildman–Crippen MR) is 118 cm³/mol. The van der Waals surface area contributed by atoms with E-state index in [-0.39, 0.29) is 10.6 Å². The fourth-order valence-electron chi connectivity index (χ4n) is 4.34. The molecule has 0 atom stereocenters. The van der Waals surface area contributed by atoms with Crippen molar-refractivity contribution in [3.8, 4) is 0 Å². The van der Waals surface area contributed by atoms with E-state index in [4.69, 9.17) is 4.98 Å². The quantitative estimate of drug-likeness (QED) is 0.572. The van der Waals surface area contributed by atoms with Crippen LogP contribution in [0.2, 0.25) is 0 Å². The zero-order valence-corrected chi connectivity index (χ0v) is 17.4. The van der Waals surface area contributed by atoms with Crippen molar-refractivity contribution in [2.45, 2.75) is 51.1 Å². The molecule has 2 fully saturated rings. The summed E-state index contributed by atoms with van der Waals surface area (Å²) in [6.45, 7) is 4.80. The number of hydrogen-bond acceptors (Lipinski definition) is 7. The van der Waals surface area contributed by atoms with E-state index in [0.29, 0.717) is 12.0 Å². The van der Waals surface area contributed by atoms with E-state index in [1.807, 2.05) is 18.3 Å². The number of nitro groups is 1. The van der Waals surface area contributed by atoms with E-state index < -0.39 is 0 Å². The maximum absolute atomic E-state index is 11.0. The van der Waals surface area contributed by atoms with Crippen molar-refractivity contribution in [3.63, 3.8) is 0 Å². The van der Waals surface area contributed by atoms with Gasteiger partial charge in [-0.2, -0.15) is 4.98 Å². The molecule has 1 N–H and O–H groups in total. The SMILES string of the molecule is O=[N+]([O-])c1cccc(CN2CCC(Nc3nccc(N4CCCCCC4)n3)CC2)c1. The standard InChI is InChI=1S/C22H30N6O2/c29-28(30)20-7-5-6-18(16-20)17-26-14-9-19(10-15-26)24-22-23-11-8-21(25-22)27-12-3-1-2-4-13-27/h5-8,11,16,19H,1-4,9-10,12-15,17H2,(H,23,24,25). The Hall–Kier alpha value is -2.74. The first kappa shape index (κ1) is 20.5. The van der Waals surface area contributed by atoms with Gasteiger partial charge in [0.1, 0.15) is 5.82 Å². The van der Waals surface area contributed by atoms with Gasteiger partial charge in [-0.05, 0) is 37.3 Å². The average Bonchev–Trinajstić information content (AvgIpc) is 3.05. The molecule has 4 rings (SSSR count). The van der Waals surface area contributed by atoms with Crippen molar-refractivity contribution >= 4 is 17.5 Å². The van der Waals surface area contributed by atoms with Crippen LogP contribution >= 0.6 is 0 Å². The van der Waals surface area contributed by atoms with E-state index in [0.717, 1.165) is 56.9 Å². The third kappa shape index (κ3) is 5.44. The van der Waals surface area contributed by atoms with Gasteiger partial charge in [-0.3, -0.25) is 15.0 Å². The van der Waals surface area contributed by atoms with Gasteiger partial charge in [0.25, 0.3) is 5.69 Å². The van der Waals surface area contributed by atoms with Crippen molar-refractivity contribution in [1.29, 1.82) is 0 Å². The maximum Gasteiger partial charge on any atom is 0.269 e. The second kappa shape index (κ2) is 9.84. The number of hydrogen-bond donors (Lipinski definition) is 1. The molecular formula is C22H30N6O2. The van der Waals surface area contributed by atoms with E-state index in [1.54, 1.807) is 18.2 Å². The molecular weight excluding hydrogens is 380 g/mol. The lowest BCUT2D eigenvalue weighted by Crippen LogP contribution is -2.39. The van der Waals surface area contributed by atoms with Gasteiger partial charge >= 0.3 is 0 Å². The summed E-state index contributed by atoms with van der Waals surface area (Å²) in [4.78, 5) is 24.6. The second-order valence-corrected chi connectivity index (χ2v) is 8.26. The molecule has 0 unspecified atom stereocenters. The fraction of sp³-hybridized carbons (Fsp3) is 0.545. The average molecular weight is 411 g/mol. The Kier molecular flexibility index (Phi) is 6.74. The predicted octanol–water partition coefficient (Wildman–Crippen LogP) is 3.84. The molecule has 0 radical (unpaired) electrons. The van der Waals surface area contributed by atoms with Crippen LogP contribution in [0.1, 0.15) is 44.1 Å². The molecule has 160 valence electrons. The van der Waals surface area contributed by atoms with E-state index >= 15 is 0 Å². The molecule has 0 amide bonds. The topological polar surface area (TPSA) is 87.4 Å². The molecule has 8 nitrogen and oxygen atoms in total. The number of nitrogens with one attached hydrogen (secondary N) is 1. The minimum Gasteiger partial charge on any atom is -0.356 e. The summed E-state index contributed by atoms with van der Waals surface area (Å²) < 4.78 is 0. The van der Waals surface area contributed by atoms with Crippen LogP contribution in [0.25, 0.3) is 0 Å². The molecule has 1 aromatic heterocycles. The number of nitro benzene ring substituents is 1. The number of aromatic nitrogens is 2. The number of nitrogens with zero attached hydrogens (tertiary/aromatic N) is 5. The number of benzene rings is 1. The molecule has 2 saturated heterocycles. The maximum atomic E-state index is 11.0. The van der Waals surface area contributed by atoms with Crippen molar-refractivity contribution in [3.05, 3.63) is 52.2 Å². The molecule has 0 spiro atoms. The highest BCUT2D eigenvalue weighted by molar-refractivity contribution is 5.43. The normalized spacial score (nSPS) is 18.7. The van der Waals surface area contributed by atoms with Crippen LogP contribution in [0.15, 0.2) is 36.5 Å². The molecule has 1 aromatic carbocycles. The lowest BCUT2D eigenvalue weighted by molar-refractivity contribution is -0.384. The van der Waals surface area contributed by atoms with E-state index in [1.165, 1.54) is 25.7 Å². The van der Waals surface area contributed by atoms with Gasteiger partial charge in [0, 0.05) is 57.1 Å². The first-order chi connectivity index (χ1) is 14.7. The zero-order chi connectivity index (χ0) is 20.8. The van der Waals surface area contributed by atoms with Gasteiger partial charge in [-0.25, -0.2) is 4.98 Å². The Morgan fingerprint density at radius 2 is 1.83 bits per heavy atom. The lowest BCUT2D eigenvalue weighted by atomic mass is 10.0. The number of likely N-dealkylation sites (tertiary alicyclic amines) is 1. The van der Waals surface area contributed by atoms with Crippen LogP contribution in [0, 0.1) is 10.1 Å². The van der Waals surface area contributed by atoms with Crippen LogP contribution in [0.4, 0.5) is 17.5 Å². The monoisotopic (exact) mass is 410 g/mol. The Morgan fingerprint density at radius 1 is 1.07 bits per heavy atom. The third-order valence-corrected chi connectivity index (χ3v) is 6.02. The van der Waals surface area contributed by atoms with Crippen molar-refractivity contribution in [1.82, 2.24) is 14.9 Å². The Bertz CT molecular complexity index is 845. The third-order valence-electron chi connectivity index (χ3n) is 6.02. The zero-order valence-electron chi connectivity index (χ0n) is 17.4. The Balaban J connectivity index is 1.29. The van der Waals surface area contributed by atoms with Gasteiger partial charge in [0.2, 0.25) is 5.95 Å². The summed E-state index contributed by atoms with van der Waals surface area (Å²) in [5.74, 6) is 1.74. The Labute approximate surface area is 177 Å². The lowest BCUT2D eigenvalue weighted by Gasteiger charge is -2.32. The van der Waals surface area contributed by atoms with Gasteiger partial charge in [-0.1, -0.05) is 25.0 Å². The fourth-order valence-corrected chi connectivity index (χ4v) is 4.34. The number of rotatable bonds is 6. The molecule has 2 aliphatic rings. The van der Waals surface area contributed by atoms with Gasteiger partial charge in [-0.15, -0.1) is 0 Å². The molecule has 0 saturated carbocycles. The van der Waals surface area contributed by atoms with Crippen molar-refractivity contribution in [2.75, 3.05) is 36.4 Å². The van der Waals surface area contributed by atoms with Crippen molar-refractivity contribution < 1.29 is 4.92 Å². The molecule has 30 heavy (non-hydrogen) atoms. The first-order valence-electron chi connectivity index (χ1n) is 11.0. The van der Waals surface area contributed by atoms with Crippen LogP contribution < -0.4 is 10.2 Å². The highest BCUT2D eigenvalue weighted by Crippen LogP contribution is 2.21. The molecule has 0 aliphatic carbocycles. The summed E-state index contributed by atoms with van der Waals surface area (Å²) >= 11 is 0. The minimum atomic E-state index is -0.334. The highest BCUT2D eigenvalue weighted by atomic mass is 16.6. The second-order valence-electron chi connectivity index (χ2n) is 8.26. The van der Waals surface area contributed by atoms with Crippen molar-refractivity contribution in [2.24, 2.45) is 0 Å². The number of piperidine rings is 1. The Morgan fingerprint density at radius 3 is 2.57 bits per heavy atom. The van der Waals surface area contributed by atoms with Crippen LogP contribution in [-0.2, 0) is 6.54 Å². The van der Waals surface area contributed by atoms with Gasteiger partial charge in [0.05, 0.1) is 4.92 Å². The summed E-state index contributed by atoms with van der Waals surface area (Å²) in [6, 6.07) is 9.30. The van der Waals surface area contributed by atoms with Gasteiger partial charge in [0.15, 0.2) is 0 Å². The minimum absolute atomic E-state index is 0.158. The highest BCUT2D eigenvalue weighted by Gasteiger charge is 2.21. The van der Waals surface area contributed by atoms with Crippen LogP contribution in [-0.4, -0.2) is 52.0 Å². The summed E-state index contributed by atoms with van der Waals surface area (Å²) in [6.07, 6.45) is 8.94. The first-order valence-corrected chi connectivity index (χ1v) is 11.0. The molecule has 2 aromatic rings. The summed E-state index contributed by atoms with van der Waals surface area (Å²) in [7, 11) is 0. The molecule has 2 aliphatic heterocycles. The summed E-state index contributed by atoms with van der Waals surface area (Å²) in [5, 5.41) is 14.5. The van der Waals surface area contributed by atoms with E-state index in [2.05, 4.69) is 20.1 Å². The largest absolute Gasteiger partial charge is 0.356 e. The van der Waals surface area contributed by atoms with Gasteiger partial charge < -0.3 is 10.2 Å². The smallest absolute Gasteiger partial charge is 0.269 e. The van der Waals surface area contributed by atoms with E-state index in [9.17, 15) is 10.1 Å². The molecule has 3 heterocycles. The molecule has 8 heteroatoms. The molecule has 0 bridgehead atoms. The van der Waals surface area contributed by atoms with Crippen LogP contribution in [0.3, 0.4) is 0 Å². The van der Waals surface area contributed by atoms with Crippen LogP contribution in [0.5, 0.6) is 0 Å². The summed E-state index contributed by atoms with van der Waals surface area (Å²) in [5.41, 5.74) is 1.15. The number of anilines is 2.